The van der Waals surface area contributed by atoms with Gasteiger partial charge in [-0.05, 0) is 24.3 Å². The van der Waals surface area contributed by atoms with Gasteiger partial charge in [0.25, 0.3) is 0 Å². The van der Waals surface area contributed by atoms with Crippen LogP contribution in [0.2, 0.25) is 0 Å². The Morgan fingerprint density at radius 1 is 1.50 bits per heavy atom. The number of hydrogen-bond donors (Lipinski definition) is 1. The van der Waals surface area contributed by atoms with Gasteiger partial charge in [-0.1, -0.05) is 13.8 Å². The molecule has 1 unspecified atom stereocenters. The normalized spacial score (nSPS) is 27.9. The zero-order valence-corrected chi connectivity index (χ0v) is 9.62. The Hall–Kier alpha value is -0.120. The van der Waals surface area contributed by atoms with Crippen molar-refractivity contribution in [3.63, 3.8) is 0 Å². The maximum Gasteiger partial charge on any atom is 0.0589 e. The van der Waals surface area contributed by atoms with Crippen molar-refractivity contribution in [2.45, 2.75) is 20.3 Å². The van der Waals surface area contributed by atoms with Crippen molar-refractivity contribution < 1.29 is 9.84 Å². The van der Waals surface area contributed by atoms with Crippen LogP contribution in [0.3, 0.4) is 0 Å². The van der Waals surface area contributed by atoms with Crippen LogP contribution in [0.5, 0.6) is 0 Å². The maximum absolute atomic E-state index is 9.31. The third-order valence-corrected chi connectivity index (χ3v) is 3.49. The largest absolute Gasteiger partial charge is 0.396 e. The Bertz CT molecular complexity index is 171. The van der Waals surface area contributed by atoms with Crippen molar-refractivity contribution in [3.05, 3.63) is 0 Å². The molecule has 0 amide bonds. The summed E-state index contributed by atoms with van der Waals surface area (Å²) in [6, 6.07) is 0. The predicted octanol–water partition coefficient (Wildman–Crippen LogP) is 0.973. The fourth-order valence-corrected chi connectivity index (χ4v) is 2.03. The van der Waals surface area contributed by atoms with Crippen molar-refractivity contribution in [2.24, 2.45) is 11.3 Å². The lowest BCUT2D eigenvalue weighted by Gasteiger charge is -2.43. The fourth-order valence-electron chi connectivity index (χ4n) is 2.03. The number of ether oxygens (including phenoxy) is 1. The van der Waals surface area contributed by atoms with Crippen molar-refractivity contribution in [1.82, 2.24) is 4.90 Å². The van der Waals surface area contributed by atoms with E-state index in [2.05, 4.69) is 18.7 Å². The van der Waals surface area contributed by atoms with Crippen LogP contribution in [0.15, 0.2) is 0 Å². The topological polar surface area (TPSA) is 32.7 Å². The molecule has 3 nitrogen and oxygen atoms in total. The molecule has 0 aromatic heterocycles. The lowest BCUT2D eigenvalue weighted by molar-refractivity contribution is 0.0133. The van der Waals surface area contributed by atoms with E-state index in [1.54, 1.807) is 7.11 Å². The molecule has 1 saturated heterocycles. The van der Waals surface area contributed by atoms with E-state index in [4.69, 9.17) is 4.74 Å². The van der Waals surface area contributed by atoms with Crippen molar-refractivity contribution in [1.29, 1.82) is 0 Å². The maximum atomic E-state index is 9.31. The standard InChI is InChI=1S/C11H23NO2/c1-11(2)4-5-12(6-7-14-3)8-10(11)9-13/h10,13H,4-9H2,1-3H3. The molecule has 0 saturated carbocycles. The van der Waals surface area contributed by atoms with Gasteiger partial charge in [-0.2, -0.15) is 0 Å². The summed E-state index contributed by atoms with van der Waals surface area (Å²) in [6.07, 6.45) is 1.17. The first-order chi connectivity index (χ1) is 6.60. The van der Waals surface area contributed by atoms with Gasteiger partial charge in [-0.25, -0.2) is 0 Å². The molecule has 1 fully saturated rings. The molecule has 1 atom stereocenters. The van der Waals surface area contributed by atoms with E-state index in [-0.39, 0.29) is 0 Å². The van der Waals surface area contributed by atoms with E-state index in [0.29, 0.717) is 17.9 Å². The zero-order valence-electron chi connectivity index (χ0n) is 9.62. The average Bonchev–Trinajstić information content (AvgIpc) is 2.16. The Balaban J connectivity index is 2.40. The highest BCUT2D eigenvalue weighted by Crippen LogP contribution is 2.34. The monoisotopic (exact) mass is 201 g/mol. The van der Waals surface area contributed by atoms with Crippen molar-refractivity contribution >= 4 is 0 Å². The minimum Gasteiger partial charge on any atom is -0.396 e. The zero-order chi connectivity index (χ0) is 10.6. The highest BCUT2D eigenvalue weighted by molar-refractivity contribution is 4.86. The number of nitrogens with zero attached hydrogens (tertiary/aromatic N) is 1. The van der Waals surface area contributed by atoms with E-state index in [0.717, 1.165) is 26.2 Å². The van der Waals surface area contributed by atoms with Gasteiger partial charge >= 0.3 is 0 Å². The second-order valence-electron chi connectivity index (χ2n) is 4.91. The Labute approximate surface area is 87.1 Å². The van der Waals surface area contributed by atoms with Crippen LogP contribution in [0.4, 0.5) is 0 Å². The van der Waals surface area contributed by atoms with Crippen molar-refractivity contribution in [2.75, 3.05) is 40.0 Å². The molecule has 1 heterocycles. The average molecular weight is 201 g/mol. The van der Waals surface area contributed by atoms with E-state index in [1.165, 1.54) is 6.42 Å². The lowest BCUT2D eigenvalue weighted by Crippen LogP contribution is -2.47. The van der Waals surface area contributed by atoms with Gasteiger partial charge in [0.15, 0.2) is 0 Å². The molecule has 1 aliphatic heterocycles. The van der Waals surface area contributed by atoms with Gasteiger partial charge in [-0.3, -0.25) is 0 Å². The SMILES string of the molecule is COCCN1CCC(C)(C)C(CO)C1. The molecule has 14 heavy (non-hydrogen) atoms. The smallest absolute Gasteiger partial charge is 0.0589 e. The quantitative estimate of drug-likeness (QED) is 0.736. The van der Waals surface area contributed by atoms with E-state index < -0.39 is 0 Å². The first kappa shape index (κ1) is 12.0. The number of piperidine rings is 1. The van der Waals surface area contributed by atoms with Gasteiger partial charge in [0.1, 0.15) is 0 Å². The summed E-state index contributed by atoms with van der Waals surface area (Å²) >= 11 is 0. The number of hydrogen-bond acceptors (Lipinski definition) is 3. The van der Waals surface area contributed by atoms with Gasteiger partial charge < -0.3 is 14.7 Å². The molecule has 0 radical (unpaired) electrons. The van der Waals surface area contributed by atoms with Gasteiger partial charge in [-0.15, -0.1) is 0 Å². The number of aliphatic hydroxyl groups excluding tert-OH is 1. The van der Waals surface area contributed by atoms with Gasteiger partial charge in [0, 0.05) is 26.8 Å². The van der Waals surface area contributed by atoms with Gasteiger partial charge in [0.05, 0.1) is 6.61 Å². The van der Waals surface area contributed by atoms with Crippen LogP contribution in [-0.4, -0.2) is 50.0 Å². The third-order valence-electron chi connectivity index (χ3n) is 3.49. The van der Waals surface area contributed by atoms with Crippen LogP contribution >= 0.6 is 0 Å². The molecular formula is C11H23NO2. The van der Waals surface area contributed by atoms with E-state index >= 15 is 0 Å². The van der Waals surface area contributed by atoms with E-state index in [9.17, 15) is 5.11 Å². The molecule has 0 spiro atoms. The summed E-state index contributed by atoms with van der Waals surface area (Å²) in [6.45, 7) is 8.72. The number of likely N-dealkylation sites (tertiary alicyclic amines) is 1. The lowest BCUT2D eigenvalue weighted by atomic mass is 9.74. The van der Waals surface area contributed by atoms with Crippen molar-refractivity contribution in [3.8, 4) is 0 Å². The Kier molecular flexibility index (Phi) is 4.35. The van der Waals surface area contributed by atoms with Crippen LogP contribution in [0.25, 0.3) is 0 Å². The second kappa shape index (κ2) is 5.10. The first-order valence-electron chi connectivity index (χ1n) is 5.42. The minimum atomic E-state index is 0.290. The predicted molar refractivity (Wildman–Crippen MR) is 57.3 cm³/mol. The summed E-state index contributed by atoms with van der Waals surface area (Å²) < 4.78 is 5.06. The summed E-state index contributed by atoms with van der Waals surface area (Å²) in [5.74, 6) is 0.410. The first-order valence-corrected chi connectivity index (χ1v) is 5.42. The van der Waals surface area contributed by atoms with Crippen LogP contribution in [0.1, 0.15) is 20.3 Å². The summed E-state index contributed by atoms with van der Waals surface area (Å²) in [5, 5.41) is 9.31. The molecule has 1 aliphatic rings. The molecule has 0 aromatic rings. The molecule has 3 heteroatoms. The summed E-state index contributed by atoms with van der Waals surface area (Å²) in [5.41, 5.74) is 0.290. The van der Waals surface area contributed by atoms with Crippen LogP contribution in [0, 0.1) is 11.3 Å². The molecule has 1 N–H and O–H groups in total. The number of rotatable bonds is 4. The number of aliphatic hydroxyl groups is 1. The highest BCUT2D eigenvalue weighted by Gasteiger charge is 2.34. The minimum absolute atomic E-state index is 0.290. The van der Waals surface area contributed by atoms with Gasteiger partial charge in [0.2, 0.25) is 0 Å². The molecule has 0 aliphatic carbocycles. The van der Waals surface area contributed by atoms with Crippen LogP contribution in [-0.2, 0) is 4.74 Å². The molecule has 1 rings (SSSR count). The molecular weight excluding hydrogens is 178 g/mol. The third kappa shape index (κ3) is 2.94. The van der Waals surface area contributed by atoms with Crippen LogP contribution < -0.4 is 0 Å². The fraction of sp³-hybridized carbons (Fsp3) is 1.00. The summed E-state index contributed by atoms with van der Waals surface area (Å²) in [7, 11) is 1.73. The second-order valence-corrected chi connectivity index (χ2v) is 4.91. The Morgan fingerprint density at radius 3 is 2.79 bits per heavy atom. The molecule has 0 bridgehead atoms. The molecule has 84 valence electrons. The molecule has 0 aromatic carbocycles. The Morgan fingerprint density at radius 2 is 2.21 bits per heavy atom. The highest BCUT2D eigenvalue weighted by atomic mass is 16.5. The van der Waals surface area contributed by atoms with E-state index in [1.807, 2.05) is 0 Å². The number of methoxy groups -OCH3 is 1. The summed E-state index contributed by atoms with van der Waals surface area (Å²) in [4.78, 5) is 2.38.